The van der Waals surface area contributed by atoms with E-state index < -0.39 is 11.9 Å². The molecule has 1 rings (SSSR count). The minimum absolute atomic E-state index is 0.352. The van der Waals surface area contributed by atoms with Gasteiger partial charge < -0.3 is 5.11 Å². The van der Waals surface area contributed by atoms with Gasteiger partial charge in [0.2, 0.25) is 0 Å². The van der Waals surface area contributed by atoms with Gasteiger partial charge in [-0.1, -0.05) is 23.8 Å². The average Bonchev–Trinajstić information content (AvgIpc) is 2.20. The zero-order valence-corrected chi connectivity index (χ0v) is 9.40. The van der Waals surface area contributed by atoms with Gasteiger partial charge in [0.15, 0.2) is 0 Å². The molecule has 1 N–H and O–H groups in total. The van der Waals surface area contributed by atoms with Crippen molar-refractivity contribution in [2.24, 2.45) is 0 Å². The first kappa shape index (κ1) is 12.4. The first-order valence-electron chi connectivity index (χ1n) is 5.12. The lowest BCUT2D eigenvalue weighted by Gasteiger charge is -2.10. The highest BCUT2D eigenvalue weighted by Crippen LogP contribution is 2.21. The quantitative estimate of drug-likeness (QED) is 0.793. The topological polar surface area (TPSA) is 37.3 Å². The number of hydrogen-bond acceptors (Lipinski definition) is 1. The molecule has 0 aliphatic heterocycles. The molecule has 1 aromatic carbocycles. The van der Waals surface area contributed by atoms with Crippen molar-refractivity contribution in [2.45, 2.75) is 26.2 Å². The van der Waals surface area contributed by atoms with E-state index in [2.05, 4.69) is 0 Å². The first-order chi connectivity index (χ1) is 7.50. The molecule has 1 atom stereocenters. The Hall–Kier alpha value is -1.64. The zero-order valence-electron chi connectivity index (χ0n) is 9.40. The Labute approximate surface area is 94.4 Å². The molecule has 2 nitrogen and oxygen atoms in total. The highest BCUT2D eigenvalue weighted by molar-refractivity contribution is 5.76. The van der Waals surface area contributed by atoms with E-state index in [-0.39, 0.29) is 5.82 Å². The van der Waals surface area contributed by atoms with Crippen LogP contribution >= 0.6 is 0 Å². The van der Waals surface area contributed by atoms with Gasteiger partial charge in [0, 0.05) is 0 Å². The number of hydrogen-bond donors (Lipinski definition) is 1. The number of rotatable bonds is 4. The third kappa shape index (κ3) is 3.50. The highest BCUT2D eigenvalue weighted by atomic mass is 19.1. The molecule has 0 saturated carbocycles. The molecule has 0 bridgehead atoms. The standard InChI is InChI=1S/C13H15FO2/c1-9(2)3-8-12(13(15)16)10-4-6-11(14)7-5-10/h3-7,12H,8H2,1-2H3,(H,15,16). The predicted molar refractivity (Wildman–Crippen MR) is 60.8 cm³/mol. The van der Waals surface area contributed by atoms with Gasteiger partial charge in [-0.25, -0.2) is 4.39 Å². The molecule has 0 spiro atoms. The SMILES string of the molecule is CC(C)=CCC(C(=O)O)c1ccc(F)cc1. The molecule has 1 unspecified atom stereocenters. The van der Waals surface area contributed by atoms with Crippen molar-refractivity contribution in [3.8, 4) is 0 Å². The summed E-state index contributed by atoms with van der Waals surface area (Å²) in [4.78, 5) is 11.1. The maximum absolute atomic E-state index is 12.7. The summed E-state index contributed by atoms with van der Waals surface area (Å²) in [5, 5.41) is 9.09. The van der Waals surface area contributed by atoms with Gasteiger partial charge in [0.05, 0.1) is 5.92 Å². The molecule has 16 heavy (non-hydrogen) atoms. The fourth-order valence-electron chi connectivity index (χ4n) is 1.43. The minimum atomic E-state index is -0.885. The van der Waals surface area contributed by atoms with E-state index in [0.717, 1.165) is 5.57 Å². The highest BCUT2D eigenvalue weighted by Gasteiger charge is 2.18. The molecule has 86 valence electrons. The Balaban J connectivity index is 2.90. The molecular formula is C13H15FO2. The molecule has 0 fully saturated rings. The van der Waals surface area contributed by atoms with Crippen LogP contribution in [0.15, 0.2) is 35.9 Å². The smallest absolute Gasteiger partial charge is 0.311 e. The molecular weight excluding hydrogens is 207 g/mol. The van der Waals surface area contributed by atoms with Gasteiger partial charge >= 0.3 is 5.97 Å². The van der Waals surface area contributed by atoms with Gasteiger partial charge in [-0.15, -0.1) is 0 Å². The van der Waals surface area contributed by atoms with E-state index in [1.54, 1.807) is 0 Å². The normalized spacial score (nSPS) is 11.9. The summed E-state index contributed by atoms with van der Waals surface area (Å²) in [6.07, 6.45) is 2.31. The van der Waals surface area contributed by atoms with Crippen LogP contribution in [0.5, 0.6) is 0 Å². The fraction of sp³-hybridized carbons (Fsp3) is 0.308. The lowest BCUT2D eigenvalue weighted by molar-refractivity contribution is -0.138. The lowest BCUT2D eigenvalue weighted by atomic mass is 9.95. The number of carbonyl (C=O) groups is 1. The number of halogens is 1. The van der Waals surface area contributed by atoms with Gasteiger partial charge in [-0.3, -0.25) is 4.79 Å². The molecule has 3 heteroatoms. The Morgan fingerprint density at radius 3 is 2.38 bits per heavy atom. The summed E-state index contributed by atoms with van der Waals surface area (Å²) >= 11 is 0. The Morgan fingerprint density at radius 1 is 1.38 bits per heavy atom. The van der Waals surface area contributed by atoms with Crippen LogP contribution in [-0.2, 0) is 4.79 Å². The second-order valence-corrected chi connectivity index (χ2v) is 3.96. The second-order valence-electron chi connectivity index (χ2n) is 3.96. The number of aliphatic carboxylic acids is 1. The largest absolute Gasteiger partial charge is 0.481 e. The summed E-state index contributed by atoms with van der Waals surface area (Å²) in [6, 6.07) is 5.61. The Kier molecular flexibility index (Phi) is 4.23. The molecule has 0 aliphatic carbocycles. The monoisotopic (exact) mass is 222 g/mol. The van der Waals surface area contributed by atoms with E-state index in [1.807, 2.05) is 19.9 Å². The van der Waals surface area contributed by atoms with E-state index in [0.29, 0.717) is 12.0 Å². The Bertz CT molecular complexity index is 389. The number of benzene rings is 1. The van der Waals surface area contributed by atoms with Crippen LogP contribution in [0.4, 0.5) is 4.39 Å². The summed E-state index contributed by atoms with van der Waals surface area (Å²) in [5.74, 6) is -1.84. The molecule has 0 saturated heterocycles. The number of allylic oxidation sites excluding steroid dienone is 2. The Morgan fingerprint density at radius 2 is 1.94 bits per heavy atom. The van der Waals surface area contributed by atoms with Gasteiger partial charge in [0.25, 0.3) is 0 Å². The maximum atomic E-state index is 12.7. The zero-order chi connectivity index (χ0) is 12.1. The van der Waals surface area contributed by atoms with Crippen LogP contribution in [-0.4, -0.2) is 11.1 Å². The van der Waals surface area contributed by atoms with E-state index in [1.165, 1.54) is 24.3 Å². The minimum Gasteiger partial charge on any atom is -0.481 e. The molecule has 0 aliphatic rings. The maximum Gasteiger partial charge on any atom is 0.311 e. The summed E-state index contributed by atoms with van der Waals surface area (Å²) in [5.41, 5.74) is 1.71. The van der Waals surface area contributed by atoms with Crippen molar-refractivity contribution in [1.29, 1.82) is 0 Å². The van der Waals surface area contributed by atoms with Crippen molar-refractivity contribution in [3.05, 3.63) is 47.3 Å². The number of carboxylic acids is 1. The second kappa shape index (κ2) is 5.45. The summed E-state index contributed by atoms with van der Waals surface area (Å²) < 4.78 is 12.7. The third-order valence-electron chi connectivity index (χ3n) is 2.33. The summed E-state index contributed by atoms with van der Waals surface area (Å²) in [7, 11) is 0. The van der Waals surface area contributed by atoms with Gasteiger partial charge in [-0.05, 0) is 38.0 Å². The third-order valence-corrected chi connectivity index (χ3v) is 2.33. The van der Waals surface area contributed by atoms with E-state index in [4.69, 9.17) is 5.11 Å². The predicted octanol–water partition coefficient (Wildman–Crippen LogP) is 3.35. The van der Waals surface area contributed by atoms with Crippen LogP contribution in [0.1, 0.15) is 31.7 Å². The average molecular weight is 222 g/mol. The van der Waals surface area contributed by atoms with Crippen molar-refractivity contribution >= 4 is 5.97 Å². The molecule has 0 aromatic heterocycles. The van der Waals surface area contributed by atoms with Gasteiger partial charge in [0.1, 0.15) is 5.82 Å². The molecule has 0 amide bonds. The summed E-state index contributed by atoms with van der Waals surface area (Å²) in [6.45, 7) is 3.84. The molecule has 0 radical (unpaired) electrons. The van der Waals surface area contributed by atoms with Crippen molar-refractivity contribution in [2.75, 3.05) is 0 Å². The van der Waals surface area contributed by atoms with Crippen LogP contribution in [0.25, 0.3) is 0 Å². The van der Waals surface area contributed by atoms with Crippen LogP contribution < -0.4 is 0 Å². The van der Waals surface area contributed by atoms with E-state index >= 15 is 0 Å². The lowest BCUT2D eigenvalue weighted by Crippen LogP contribution is -2.10. The first-order valence-corrected chi connectivity index (χ1v) is 5.12. The van der Waals surface area contributed by atoms with Crippen molar-refractivity contribution in [1.82, 2.24) is 0 Å². The van der Waals surface area contributed by atoms with Crippen LogP contribution in [0.3, 0.4) is 0 Å². The van der Waals surface area contributed by atoms with Crippen LogP contribution in [0.2, 0.25) is 0 Å². The van der Waals surface area contributed by atoms with Crippen molar-refractivity contribution in [3.63, 3.8) is 0 Å². The number of carboxylic acid groups (broad SMARTS) is 1. The van der Waals surface area contributed by atoms with Gasteiger partial charge in [-0.2, -0.15) is 0 Å². The van der Waals surface area contributed by atoms with Crippen LogP contribution in [0, 0.1) is 5.82 Å². The molecule has 0 heterocycles. The fourth-order valence-corrected chi connectivity index (χ4v) is 1.43. The van der Waals surface area contributed by atoms with Crippen molar-refractivity contribution < 1.29 is 14.3 Å². The molecule has 1 aromatic rings. The van der Waals surface area contributed by atoms with E-state index in [9.17, 15) is 9.18 Å².